The minimum absolute atomic E-state index is 0.0131. The summed E-state index contributed by atoms with van der Waals surface area (Å²) in [6.45, 7) is 3.00. The van der Waals surface area contributed by atoms with Gasteiger partial charge in [-0.05, 0) is 37.5 Å². The van der Waals surface area contributed by atoms with Crippen LogP contribution in [0.4, 0.5) is 4.39 Å². The van der Waals surface area contributed by atoms with Gasteiger partial charge in [-0.1, -0.05) is 30.5 Å². The molecule has 1 aromatic carbocycles. The van der Waals surface area contributed by atoms with Gasteiger partial charge in [-0.25, -0.2) is 4.39 Å². The van der Waals surface area contributed by atoms with Gasteiger partial charge in [0.1, 0.15) is 5.82 Å². The fourth-order valence-corrected chi connectivity index (χ4v) is 2.90. The van der Waals surface area contributed by atoms with Crippen LogP contribution in [0.3, 0.4) is 0 Å². The van der Waals surface area contributed by atoms with E-state index in [2.05, 4.69) is 5.32 Å². The number of aliphatic hydroxyl groups excluding tert-OH is 1. The highest BCUT2D eigenvalue weighted by Gasteiger charge is 2.33. The van der Waals surface area contributed by atoms with Gasteiger partial charge in [0.2, 0.25) is 0 Å². The van der Waals surface area contributed by atoms with Crippen LogP contribution in [-0.2, 0) is 0 Å². The maximum absolute atomic E-state index is 13.4. The maximum atomic E-state index is 13.4. The van der Waals surface area contributed by atoms with Crippen molar-refractivity contribution in [1.29, 1.82) is 0 Å². The highest BCUT2D eigenvalue weighted by Crippen LogP contribution is 2.37. The Kier molecular flexibility index (Phi) is 4.82. The molecule has 0 aliphatic heterocycles. The minimum Gasteiger partial charge on any atom is -0.396 e. The summed E-state index contributed by atoms with van der Waals surface area (Å²) < 4.78 is 13.4. The second-order valence-electron chi connectivity index (χ2n) is 5.64. The lowest BCUT2D eigenvalue weighted by atomic mass is 9.87. The van der Waals surface area contributed by atoms with Gasteiger partial charge in [0, 0.05) is 24.6 Å². The van der Waals surface area contributed by atoms with Crippen LogP contribution >= 0.6 is 11.6 Å². The third-order valence-corrected chi connectivity index (χ3v) is 4.53. The number of benzene rings is 1. The van der Waals surface area contributed by atoms with E-state index in [1.165, 1.54) is 18.9 Å². The molecule has 1 saturated carbocycles. The normalized spacial score (nSPS) is 19.6. The third-order valence-electron chi connectivity index (χ3n) is 4.23. The van der Waals surface area contributed by atoms with E-state index in [1.54, 1.807) is 6.07 Å². The first kappa shape index (κ1) is 14.8. The Balaban J connectivity index is 1.96. The highest BCUT2D eigenvalue weighted by molar-refractivity contribution is 6.30. The van der Waals surface area contributed by atoms with Crippen molar-refractivity contribution in [1.82, 2.24) is 5.32 Å². The molecule has 2 rings (SSSR count). The van der Waals surface area contributed by atoms with Gasteiger partial charge < -0.3 is 10.4 Å². The minimum atomic E-state index is -0.384. The zero-order valence-electron chi connectivity index (χ0n) is 11.3. The molecule has 106 valence electrons. The zero-order valence-corrected chi connectivity index (χ0v) is 12.0. The molecule has 0 amide bonds. The number of hydrogen-bond acceptors (Lipinski definition) is 2. The molecule has 1 aliphatic carbocycles. The van der Waals surface area contributed by atoms with Gasteiger partial charge in [0.25, 0.3) is 0 Å². The zero-order chi connectivity index (χ0) is 13.9. The molecule has 0 saturated heterocycles. The number of hydrogen-bond donors (Lipinski definition) is 2. The van der Waals surface area contributed by atoms with E-state index in [9.17, 15) is 9.50 Å². The molecule has 1 atom stereocenters. The van der Waals surface area contributed by atoms with Gasteiger partial charge in [0.15, 0.2) is 0 Å². The van der Waals surface area contributed by atoms with E-state index in [1.807, 2.05) is 13.0 Å². The molecule has 0 radical (unpaired) electrons. The van der Waals surface area contributed by atoms with E-state index in [0.717, 1.165) is 24.9 Å². The lowest BCUT2D eigenvalue weighted by Gasteiger charge is -2.29. The average Bonchev–Trinajstić information content (AvgIpc) is 2.89. The summed E-state index contributed by atoms with van der Waals surface area (Å²) in [5.74, 6) is -0.384. The van der Waals surface area contributed by atoms with E-state index in [0.29, 0.717) is 0 Å². The van der Waals surface area contributed by atoms with Gasteiger partial charge in [-0.3, -0.25) is 0 Å². The number of halogens is 2. The van der Waals surface area contributed by atoms with E-state index >= 15 is 0 Å². The molecule has 1 fully saturated rings. The van der Waals surface area contributed by atoms with Crippen LogP contribution in [0.2, 0.25) is 5.02 Å². The standard InChI is InChI=1S/C15H21ClFNO/c1-11(12-4-5-13(16)14(17)8-12)18-9-15(10-19)6-2-3-7-15/h4-5,8,11,18-19H,2-3,6-7,9-10H2,1H3. The Morgan fingerprint density at radius 2 is 2.11 bits per heavy atom. The summed E-state index contributed by atoms with van der Waals surface area (Å²) in [5.41, 5.74) is 0.896. The smallest absolute Gasteiger partial charge is 0.142 e. The molecule has 0 spiro atoms. The Labute approximate surface area is 119 Å². The Bertz CT molecular complexity index is 432. The Morgan fingerprint density at radius 3 is 2.68 bits per heavy atom. The SMILES string of the molecule is CC(NCC1(CO)CCCC1)c1ccc(Cl)c(F)c1. The quantitative estimate of drug-likeness (QED) is 0.865. The molecule has 1 aliphatic rings. The van der Waals surface area contributed by atoms with Crippen LogP contribution in [0, 0.1) is 11.2 Å². The van der Waals surface area contributed by atoms with Gasteiger partial charge >= 0.3 is 0 Å². The van der Waals surface area contributed by atoms with Gasteiger partial charge in [0.05, 0.1) is 5.02 Å². The molecule has 4 heteroatoms. The van der Waals surface area contributed by atoms with Crippen LogP contribution < -0.4 is 5.32 Å². The van der Waals surface area contributed by atoms with Crippen molar-refractivity contribution in [2.75, 3.05) is 13.2 Å². The number of nitrogens with one attached hydrogen (secondary N) is 1. The molecular weight excluding hydrogens is 265 g/mol. The molecule has 0 heterocycles. The maximum Gasteiger partial charge on any atom is 0.142 e. The van der Waals surface area contributed by atoms with Crippen molar-refractivity contribution in [2.45, 2.75) is 38.6 Å². The second kappa shape index (κ2) is 6.21. The molecular formula is C15H21ClFNO. The summed E-state index contributed by atoms with van der Waals surface area (Å²) in [6, 6.07) is 4.95. The van der Waals surface area contributed by atoms with Crippen molar-refractivity contribution in [3.8, 4) is 0 Å². The molecule has 1 unspecified atom stereocenters. The van der Waals surface area contributed by atoms with Crippen molar-refractivity contribution < 1.29 is 9.50 Å². The van der Waals surface area contributed by atoms with Crippen LogP contribution in [0.5, 0.6) is 0 Å². The first-order valence-corrected chi connectivity index (χ1v) is 7.23. The number of rotatable bonds is 5. The lowest BCUT2D eigenvalue weighted by Crippen LogP contribution is -2.36. The average molecular weight is 286 g/mol. The largest absolute Gasteiger partial charge is 0.396 e. The molecule has 0 bridgehead atoms. The third kappa shape index (κ3) is 3.47. The van der Waals surface area contributed by atoms with Crippen molar-refractivity contribution in [2.24, 2.45) is 5.41 Å². The summed E-state index contributed by atoms with van der Waals surface area (Å²) in [7, 11) is 0. The van der Waals surface area contributed by atoms with Crippen molar-refractivity contribution in [3.63, 3.8) is 0 Å². The molecule has 1 aromatic rings. The van der Waals surface area contributed by atoms with Crippen LogP contribution in [0.25, 0.3) is 0 Å². The van der Waals surface area contributed by atoms with Crippen molar-refractivity contribution >= 4 is 11.6 Å². The fourth-order valence-electron chi connectivity index (χ4n) is 2.78. The first-order chi connectivity index (χ1) is 9.06. The monoisotopic (exact) mass is 285 g/mol. The molecule has 19 heavy (non-hydrogen) atoms. The molecule has 2 N–H and O–H groups in total. The van der Waals surface area contributed by atoms with Gasteiger partial charge in [-0.15, -0.1) is 0 Å². The van der Waals surface area contributed by atoms with Crippen LogP contribution in [-0.4, -0.2) is 18.3 Å². The van der Waals surface area contributed by atoms with E-state index in [-0.39, 0.29) is 28.9 Å². The van der Waals surface area contributed by atoms with Crippen molar-refractivity contribution in [3.05, 3.63) is 34.6 Å². The predicted molar refractivity (Wildman–Crippen MR) is 75.8 cm³/mol. The predicted octanol–water partition coefficient (Wildman–Crippen LogP) is 3.68. The highest BCUT2D eigenvalue weighted by atomic mass is 35.5. The summed E-state index contributed by atoms with van der Waals surface area (Å²) in [5, 5.41) is 13.1. The molecule has 2 nitrogen and oxygen atoms in total. The van der Waals surface area contributed by atoms with E-state index in [4.69, 9.17) is 11.6 Å². The Morgan fingerprint density at radius 1 is 1.42 bits per heavy atom. The molecule has 0 aromatic heterocycles. The fraction of sp³-hybridized carbons (Fsp3) is 0.600. The van der Waals surface area contributed by atoms with E-state index < -0.39 is 0 Å². The second-order valence-corrected chi connectivity index (χ2v) is 6.05. The van der Waals surface area contributed by atoms with Gasteiger partial charge in [-0.2, -0.15) is 0 Å². The lowest BCUT2D eigenvalue weighted by molar-refractivity contribution is 0.125. The topological polar surface area (TPSA) is 32.3 Å². The summed E-state index contributed by atoms with van der Waals surface area (Å²) >= 11 is 5.68. The Hall–Kier alpha value is -0.640. The van der Waals surface area contributed by atoms with Crippen LogP contribution in [0.15, 0.2) is 18.2 Å². The summed E-state index contributed by atoms with van der Waals surface area (Å²) in [4.78, 5) is 0. The summed E-state index contributed by atoms with van der Waals surface area (Å²) in [6.07, 6.45) is 4.51. The first-order valence-electron chi connectivity index (χ1n) is 6.85. The number of aliphatic hydroxyl groups is 1. The van der Waals surface area contributed by atoms with Crippen LogP contribution in [0.1, 0.15) is 44.2 Å².